The minimum absolute atomic E-state index is 0.274. The van der Waals surface area contributed by atoms with E-state index in [0.717, 1.165) is 15.8 Å². The molecule has 9 nitrogen and oxygen atoms in total. The minimum atomic E-state index is -0.781. The molecule has 12 heteroatoms. The number of aromatic amines is 1. The lowest BCUT2D eigenvalue weighted by Gasteiger charge is -2.31. The number of aromatic nitrogens is 1. The molecular weight excluding hydrogens is 630 g/mol. The van der Waals surface area contributed by atoms with Crippen LogP contribution in [-0.4, -0.2) is 41.7 Å². The number of hydrogen-bond acceptors (Lipinski definition) is 8. The second kappa shape index (κ2) is 11.2. The summed E-state index contributed by atoms with van der Waals surface area (Å²) in [5, 5.41) is 2.61. The maximum Gasteiger partial charge on any atom is 0.305 e. The summed E-state index contributed by atoms with van der Waals surface area (Å²) in [6.45, 7) is -0.296. The summed E-state index contributed by atoms with van der Waals surface area (Å²) >= 11 is 5.73. The van der Waals surface area contributed by atoms with E-state index in [-0.39, 0.29) is 29.2 Å². The fourth-order valence-corrected chi connectivity index (χ4v) is 7.98. The van der Waals surface area contributed by atoms with E-state index in [1.807, 2.05) is 12.1 Å². The van der Waals surface area contributed by atoms with Gasteiger partial charge in [-0.3, -0.25) is 19.2 Å². The number of rotatable bonds is 7. The molecule has 4 aromatic rings. The second-order valence-electron chi connectivity index (χ2n) is 9.34. The van der Waals surface area contributed by atoms with Crippen molar-refractivity contribution >= 4 is 68.1 Å². The van der Waals surface area contributed by atoms with Crippen LogP contribution in [0.2, 0.25) is 0 Å². The molecule has 2 N–H and O–H groups in total. The van der Waals surface area contributed by atoms with Crippen molar-refractivity contribution in [2.75, 3.05) is 23.9 Å². The smallest absolute Gasteiger partial charge is 0.305 e. The molecule has 2 aliphatic heterocycles. The quantitative estimate of drug-likeness (QED) is 0.269. The first-order chi connectivity index (χ1) is 19.8. The summed E-state index contributed by atoms with van der Waals surface area (Å²) in [6, 6.07) is 21.0. The number of carbonyl (C=O) groups is 3. The van der Waals surface area contributed by atoms with Crippen molar-refractivity contribution in [2.24, 2.45) is 5.92 Å². The molecule has 1 aromatic heterocycles. The molecule has 0 spiro atoms. The Morgan fingerprint density at radius 2 is 1.78 bits per heavy atom. The molecule has 3 unspecified atom stereocenters. The van der Waals surface area contributed by atoms with Crippen LogP contribution < -0.4 is 24.6 Å². The number of amides is 3. The highest BCUT2D eigenvalue weighted by atomic mass is 79.9. The van der Waals surface area contributed by atoms with Crippen molar-refractivity contribution in [1.29, 1.82) is 0 Å². The summed E-state index contributed by atoms with van der Waals surface area (Å²) in [4.78, 5) is 57.2. The van der Waals surface area contributed by atoms with Gasteiger partial charge in [0.25, 0.3) is 5.91 Å². The zero-order valence-electron chi connectivity index (χ0n) is 21.5. The number of imide groups is 1. The maximum absolute atomic E-state index is 13.9. The van der Waals surface area contributed by atoms with Gasteiger partial charge in [0.2, 0.25) is 11.8 Å². The third kappa shape index (κ3) is 5.18. The second-order valence-corrected chi connectivity index (χ2v) is 12.4. The molecule has 0 radical (unpaired) electrons. The SMILES string of the molecule is COc1ccc(NC(=O)COc2ccc(Br)cc2C2c3sc(=O)[nH]c3SC3C(=O)N(c4ccccc4)C(=O)C32)cc1. The molecule has 0 bridgehead atoms. The number of para-hydroxylation sites is 1. The standard InChI is InChI=1S/C29H22BrN3O6S2/c1-38-18-10-8-16(9-11-18)31-21(34)14-39-20-12-7-15(30)13-19(20)22-23-25(40-26-24(22)41-29(37)32-26)28(36)33(27(23)35)17-5-3-2-4-6-17/h2-13,22-23,25H,14H2,1H3,(H,31,34)(H,32,37). The Labute approximate surface area is 251 Å². The molecule has 6 rings (SSSR count). The number of halogens is 1. The monoisotopic (exact) mass is 651 g/mol. The van der Waals surface area contributed by atoms with Crippen LogP contribution in [0.3, 0.4) is 0 Å². The van der Waals surface area contributed by atoms with E-state index in [9.17, 15) is 19.2 Å². The number of thiazole rings is 1. The Morgan fingerprint density at radius 1 is 1.02 bits per heavy atom. The molecule has 2 aliphatic rings. The van der Waals surface area contributed by atoms with Gasteiger partial charge < -0.3 is 19.8 Å². The predicted molar refractivity (Wildman–Crippen MR) is 160 cm³/mol. The van der Waals surface area contributed by atoms with Gasteiger partial charge in [0.15, 0.2) is 6.61 Å². The third-order valence-electron chi connectivity index (χ3n) is 6.88. The highest BCUT2D eigenvalue weighted by Gasteiger charge is 2.56. The highest BCUT2D eigenvalue weighted by molar-refractivity contribution is 9.10. The van der Waals surface area contributed by atoms with Gasteiger partial charge in [0.1, 0.15) is 16.7 Å². The number of benzene rings is 3. The van der Waals surface area contributed by atoms with Gasteiger partial charge in [-0.1, -0.05) is 57.2 Å². The number of fused-ring (bicyclic) bond motifs is 2. The van der Waals surface area contributed by atoms with Crippen molar-refractivity contribution in [1.82, 2.24) is 4.98 Å². The average Bonchev–Trinajstić information content (AvgIpc) is 3.47. The topological polar surface area (TPSA) is 118 Å². The third-order valence-corrected chi connectivity index (χ3v) is 9.77. The number of ether oxygens (including phenoxy) is 2. The number of methoxy groups -OCH3 is 1. The van der Waals surface area contributed by atoms with Gasteiger partial charge >= 0.3 is 4.87 Å². The number of nitrogens with zero attached hydrogens (tertiary/aromatic N) is 1. The van der Waals surface area contributed by atoms with Crippen molar-refractivity contribution in [3.8, 4) is 11.5 Å². The molecule has 1 saturated heterocycles. The van der Waals surface area contributed by atoms with E-state index in [1.165, 1.54) is 16.7 Å². The van der Waals surface area contributed by atoms with Gasteiger partial charge in [-0.25, -0.2) is 4.90 Å². The number of nitrogens with one attached hydrogen (secondary N) is 2. The van der Waals surface area contributed by atoms with E-state index in [4.69, 9.17) is 9.47 Å². The van der Waals surface area contributed by atoms with E-state index in [2.05, 4.69) is 26.2 Å². The summed E-state index contributed by atoms with van der Waals surface area (Å²) in [6.07, 6.45) is 0. The Hall–Kier alpha value is -3.87. The summed E-state index contributed by atoms with van der Waals surface area (Å²) in [5.41, 5.74) is 1.67. The number of hydrogen-bond donors (Lipinski definition) is 2. The van der Waals surface area contributed by atoms with Crippen LogP contribution in [0.1, 0.15) is 16.4 Å². The van der Waals surface area contributed by atoms with Gasteiger partial charge in [-0.15, -0.1) is 0 Å². The summed E-state index contributed by atoms with van der Waals surface area (Å²) < 4.78 is 11.9. The van der Waals surface area contributed by atoms with Crippen LogP contribution in [0.15, 0.2) is 87.1 Å². The largest absolute Gasteiger partial charge is 0.497 e. The number of carbonyl (C=O) groups excluding carboxylic acids is 3. The zero-order chi connectivity index (χ0) is 28.7. The molecule has 0 saturated carbocycles. The van der Waals surface area contributed by atoms with Gasteiger partial charge in [0.05, 0.1) is 23.7 Å². The molecule has 3 heterocycles. The van der Waals surface area contributed by atoms with Crippen molar-refractivity contribution in [3.05, 3.63) is 97.4 Å². The Morgan fingerprint density at radius 3 is 2.51 bits per heavy atom. The van der Waals surface area contributed by atoms with Gasteiger partial charge in [-0.05, 0) is 54.6 Å². The molecule has 0 aliphatic carbocycles. The molecule has 1 fully saturated rings. The van der Waals surface area contributed by atoms with Gasteiger partial charge in [0, 0.05) is 26.5 Å². The van der Waals surface area contributed by atoms with Crippen molar-refractivity contribution in [2.45, 2.75) is 16.2 Å². The average molecular weight is 653 g/mol. The molecule has 208 valence electrons. The first-order valence-electron chi connectivity index (χ1n) is 12.5. The van der Waals surface area contributed by atoms with Crippen LogP contribution >= 0.6 is 39.0 Å². The molecule has 3 amide bonds. The summed E-state index contributed by atoms with van der Waals surface area (Å²) in [5.74, 6) is -1.46. The molecule has 3 atom stereocenters. The van der Waals surface area contributed by atoms with E-state index in [0.29, 0.717) is 38.3 Å². The van der Waals surface area contributed by atoms with Crippen LogP contribution in [0.5, 0.6) is 11.5 Å². The highest BCUT2D eigenvalue weighted by Crippen LogP contribution is 2.54. The number of thioether (sulfide) groups is 1. The number of anilines is 2. The van der Waals surface area contributed by atoms with Crippen molar-refractivity contribution < 1.29 is 23.9 Å². The lowest BCUT2D eigenvalue weighted by Crippen LogP contribution is -2.32. The van der Waals surface area contributed by atoms with Crippen molar-refractivity contribution in [3.63, 3.8) is 0 Å². The predicted octanol–water partition coefficient (Wildman–Crippen LogP) is 5.02. The van der Waals surface area contributed by atoms with Crippen LogP contribution in [0, 0.1) is 5.92 Å². The van der Waals surface area contributed by atoms with E-state index < -0.39 is 17.1 Å². The maximum atomic E-state index is 13.9. The molecule has 41 heavy (non-hydrogen) atoms. The van der Waals surface area contributed by atoms with E-state index >= 15 is 0 Å². The first kappa shape index (κ1) is 27.3. The van der Waals surface area contributed by atoms with Crippen LogP contribution in [0.4, 0.5) is 11.4 Å². The Bertz CT molecular complexity index is 1710. The Kier molecular flexibility index (Phi) is 7.45. The molecule has 3 aromatic carbocycles. The first-order valence-corrected chi connectivity index (χ1v) is 15.0. The molecular formula is C29H22BrN3O6S2. The number of H-pyrrole nitrogens is 1. The minimum Gasteiger partial charge on any atom is -0.497 e. The fraction of sp³-hybridized carbons (Fsp3) is 0.172. The zero-order valence-corrected chi connectivity index (χ0v) is 24.7. The lowest BCUT2D eigenvalue weighted by atomic mass is 9.82. The van der Waals surface area contributed by atoms with E-state index in [1.54, 1.807) is 67.8 Å². The Balaban J connectivity index is 1.34. The van der Waals surface area contributed by atoms with Gasteiger partial charge in [-0.2, -0.15) is 0 Å². The van der Waals surface area contributed by atoms with Crippen LogP contribution in [-0.2, 0) is 14.4 Å². The summed E-state index contributed by atoms with van der Waals surface area (Å²) in [7, 11) is 1.56. The normalized spacial score (nSPS) is 19.5. The lowest BCUT2D eigenvalue weighted by molar-refractivity contribution is -0.122. The fourth-order valence-electron chi connectivity index (χ4n) is 5.09. The van der Waals surface area contributed by atoms with Crippen LogP contribution in [0.25, 0.3) is 0 Å².